The maximum absolute atomic E-state index is 9.29. The summed E-state index contributed by atoms with van der Waals surface area (Å²) in [6.45, 7) is 19.0. The fraction of sp³-hybridized carbons (Fsp3) is 0.300. The molecule has 0 unspecified atom stereocenters. The van der Waals surface area contributed by atoms with Crippen molar-refractivity contribution in [3.8, 4) is 0 Å². The van der Waals surface area contributed by atoms with Gasteiger partial charge in [0, 0.05) is 5.22 Å². The number of allylic oxidation sites excluding steroid dienone is 5. The predicted molar refractivity (Wildman–Crippen MR) is 100 cm³/mol. The van der Waals surface area contributed by atoms with Crippen molar-refractivity contribution in [1.29, 1.82) is 0 Å². The Morgan fingerprint density at radius 3 is 2.18 bits per heavy atom. The Bertz CT molecular complexity index is 611. The molecule has 2 heteroatoms. The monoisotopic (exact) mass is 302 g/mol. The molecule has 1 aromatic rings. The van der Waals surface area contributed by atoms with Crippen molar-refractivity contribution in [2.75, 3.05) is 0 Å². The van der Waals surface area contributed by atoms with E-state index in [1.54, 1.807) is 18.2 Å². The summed E-state index contributed by atoms with van der Waals surface area (Å²) in [5.41, 5.74) is 1.71. The third-order valence-electron chi connectivity index (χ3n) is 2.47. The Morgan fingerprint density at radius 1 is 1.14 bits per heavy atom. The largest absolute Gasteiger partial charge is 0.508 e. The Kier molecular flexibility index (Phi) is 13.8. The molecule has 0 aromatic carbocycles. The first-order valence-corrected chi connectivity index (χ1v) is 7.71. The first kappa shape index (κ1) is 22.1. The van der Waals surface area contributed by atoms with Crippen molar-refractivity contribution < 1.29 is 9.52 Å². The van der Waals surface area contributed by atoms with Crippen LogP contribution in [-0.2, 0) is 0 Å². The van der Waals surface area contributed by atoms with Crippen LogP contribution in [0.25, 0.3) is 17.7 Å². The lowest BCUT2D eigenvalue weighted by Gasteiger charge is -1.93. The van der Waals surface area contributed by atoms with Crippen LogP contribution in [0.2, 0.25) is 0 Å². The lowest BCUT2D eigenvalue weighted by atomic mass is 10.2. The quantitative estimate of drug-likeness (QED) is 0.618. The molecule has 0 radical (unpaired) electrons. The standard InChI is InChI=1S/C16H18O2.2C2H6/c1-5-8-15-13(6-2)11-16(18-15)12(4)9-10-14(17)7-3;2*1-2/h5-11,17H,1,3H2,2,4H3;2*1-2H3/b12-9+,13-6-,14-10+,15-8+;;. The highest BCUT2D eigenvalue weighted by molar-refractivity contribution is 5.61. The molecule has 0 saturated heterocycles. The Balaban J connectivity index is 0. The molecular weight excluding hydrogens is 272 g/mol. The van der Waals surface area contributed by atoms with Crippen LogP contribution in [0.5, 0.6) is 0 Å². The van der Waals surface area contributed by atoms with Gasteiger partial charge in [0.1, 0.15) is 16.9 Å². The summed E-state index contributed by atoms with van der Waals surface area (Å²) in [7, 11) is 0. The van der Waals surface area contributed by atoms with Crippen LogP contribution < -0.4 is 10.6 Å². The maximum atomic E-state index is 9.29. The van der Waals surface area contributed by atoms with E-state index >= 15 is 0 Å². The van der Waals surface area contributed by atoms with Crippen molar-refractivity contribution in [1.82, 2.24) is 0 Å². The fourth-order valence-corrected chi connectivity index (χ4v) is 1.44. The Labute approximate surface area is 135 Å². The van der Waals surface area contributed by atoms with Crippen LogP contribution in [-0.4, -0.2) is 5.11 Å². The summed E-state index contributed by atoms with van der Waals surface area (Å²) in [4.78, 5) is 0. The van der Waals surface area contributed by atoms with Gasteiger partial charge in [0.05, 0.1) is 0 Å². The normalized spacial score (nSPS) is 12.8. The molecular formula is C20H30O2. The van der Waals surface area contributed by atoms with Crippen molar-refractivity contribution in [3.63, 3.8) is 0 Å². The molecule has 0 atom stereocenters. The van der Waals surface area contributed by atoms with Crippen LogP contribution in [0, 0.1) is 0 Å². The Morgan fingerprint density at radius 2 is 1.73 bits per heavy atom. The first-order chi connectivity index (χ1) is 10.6. The summed E-state index contributed by atoms with van der Waals surface area (Å²) >= 11 is 0. The number of aliphatic hydroxyl groups is 1. The van der Waals surface area contributed by atoms with Crippen molar-refractivity contribution in [2.24, 2.45) is 0 Å². The molecule has 0 aliphatic heterocycles. The van der Waals surface area contributed by atoms with Crippen LogP contribution in [0.1, 0.15) is 47.3 Å². The van der Waals surface area contributed by atoms with Crippen LogP contribution in [0.15, 0.2) is 53.7 Å². The summed E-state index contributed by atoms with van der Waals surface area (Å²) < 4.78 is 5.71. The highest BCUT2D eigenvalue weighted by Gasteiger charge is 2.00. The topological polar surface area (TPSA) is 33.4 Å². The molecule has 0 spiro atoms. The minimum absolute atomic E-state index is 0.126. The van der Waals surface area contributed by atoms with E-state index in [0.29, 0.717) is 0 Å². The first-order valence-electron chi connectivity index (χ1n) is 7.71. The fourth-order valence-electron chi connectivity index (χ4n) is 1.44. The van der Waals surface area contributed by atoms with Gasteiger partial charge >= 0.3 is 0 Å². The van der Waals surface area contributed by atoms with E-state index in [4.69, 9.17) is 4.42 Å². The van der Waals surface area contributed by atoms with E-state index in [2.05, 4.69) is 13.2 Å². The zero-order valence-electron chi connectivity index (χ0n) is 14.8. The summed E-state index contributed by atoms with van der Waals surface area (Å²) in [5, 5.41) is 10.3. The van der Waals surface area contributed by atoms with Gasteiger partial charge in [0.2, 0.25) is 0 Å². The molecule has 0 amide bonds. The summed E-state index contributed by atoms with van der Waals surface area (Å²) in [6, 6.07) is 1.96. The van der Waals surface area contributed by atoms with E-state index in [1.165, 1.54) is 6.08 Å². The molecule has 2 nitrogen and oxygen atoms in total. The second-order valence-electron chi connectivity index (χ2n) is 3.77. The average Bonchev–Trinajstić information content (AvgIpc) is 2.99. The average molecular weight is 302 g/mol. The Hall–Kier alpha value is -2.22. The molecule has 1 heterocycles. The van der Waals surface area contributed by atoms with Gasteiger partial charge in [-0.25, -0.2) is 0 Å². The number of hydrogen-bond donors (Lipinski definition) is 1. The van der Waals surface area contributed by atoms with Gasteiger partial charge in [-0.3, -0.25) is 0 Å². The second kappa shape index (κ2) is 13.7. The van der Waals surface area contributed by atoms with E-state index in [9.17, 15) is 5.11 Å². The zero-order valence-corrected chi connectivity index (χ0v) is 14.8. The zero-order chi connectivity index (χ0) is 17.5. The predicted octanol–water partition coefficient (Wildman–Crippen LogP) is 5.13. The minimum atomic E-state index is 0.126. The van der Waals surface area contributed by atoms with Crippen molar-refractivity contribution in [2.45, 2.75) is 41.5 Å². The number of hydrogen-bond acceptors (Lipinski definition) is 2. The van der Waals surface area contributed by atoms with Crippen LogP contribution in [0.3, 0.4) is 0 Å². The SMILES string of the molecule is C=C/C=c1/oc(/C(C)=C/C=C(/O)C=C)c/c1=C/C.CC.CC. The lowest BCUT2D eigenvalue weighted by Crippen LogP contribution is -2.17. The van der Waals surface area contributed by atoms with Crippen molar-refractivity contribution in [3.05, 3.63) is 65.7 Å². The number of furan rings is 1. The number of aliphatic hydroxyl groups excluding tert-OH is 1. The lowest BCUT2D eigenvalue weighted by molar-refractivity contribution is 0.433. The van der Waals surface area contributed by atoms with E-state index in [0.717, 1.165) is 22.0 Å². The van der Waals surface area contributed by atoms with E-state index < -0.39 is 0 Å². The molecule has 0 fully saturated rings. The highest BCUT2D eigenvalue weighted by atomic mass is 16.3. The molecule has 1 N–H and O–H groups in total. The van der Waals surface area contributed by atoms with Gasteiger partial charge in [0.15, 0.2) is 0 Å². The van der Waals surface area contributed by atoms with Gasteiger partial charge in [-0.1, -0.05) is 59.1 Å². The van der Waals surface area contributed by atoms with Crippen LogP contribution >= 0.6 is 0 Å². The van der Waals surface area contributed by atoms with Gasteiger partial charge in [-0.15, -0.1) is 0 Å². The third-order valence-corrected chi connectivity index (χ3v) is 2.47. The van der Waals surface area contributed by atoms with E-state index in [-0.39, 0.29) is 5.76 Å². The summed E-state index contributed by atoms with van der Waals surface area (Å²) in [6.07, 6.45) is 10.2. The molecule has 0 aliphatic rings. The van der Waals surface area contributed by atoms with Gasteiger partial charge in [-0.2, -0.15) is 0 Å². The molecule has 122 valence electrons. The maximum Gasteiger partial charge on any atom is 0.134 e. The molecule has 0 aliphatic carbocycles. The van der Waals surface area contributed by atoms with Crippen molar-refractivity contribution >= 4 is 17.7 Å². The minimum Gasteiger partial charge on any atom is -0.508 e. The highest BCUT2D eigenvalue weighted by Crippen LogP contribution is 2.10. The summed E-state index contributed by atoms with van der Waals surface area (Å²) in [5.74, 6) is 0.894. The number of rotatable bonds is 4. The molecule has 0 saturated carbocycles. The van der Waals surface area contributed by atoms with Gasteiger partial charge in [-0.05, 0) is 43.7 Å². The van der Waals surface area contributed by atoms with Gasteiger partial charge in [0.25, 0.3) is 0 Å². The molecule has 0 bridgehead atoms. The molecule has 1 rings (SSSR count). The van der Waals surface area contributed by atoms with Gasteiger partial charge < -0.3 is 9.52 Å². The van der Waals surface area contributed by atoms with E-state index in [1.807, 2.05) is 59.8 Å². The smallest absolute Gasteiger partial charge is 0.134 e. The third kappa shape index (κ3) is 7.53. The second-order valence-corrected chi connectivity index (χ2v) is 3.77. The molecule has 22 heavy (non-hydrogen) atoms. The van der Waals surface area contributed by atoms with Crippen LogP contribution in [0.4, 0.5) is 0 Å². The molecule has 1 aromatic heterocycles.